The molecule has 3 amide bonds. The molecule has 1 saturated carbocycles. The second-order valence-corrected chi connectivity index (χ2v) is 8.73. The number of carbonyl (C=O) groups is 4. The van der Waals surface area contributed by atoms with Gasteiger partial charge in [0.25, 0.3) is 27.8 Å². The van der Waals surface area contributed by atoms with Crippen LogP contribution in [0.1, 0.15) is 32.1 Å². The average Bonchev–Trinajstić information content (AvgIpc) is 3.09. The first-order valence-corrected chi connectivity index (χ1v) is 10.3. The lowest BCUT2D eigenvalue weighted by molar-refractivity contribution is -0.201. The highest BCUT2D eigenvalue weighted by Gasteiger charge is 2.49. The Bertz CT molecular complexity index is 852. The van der Waals surface area contributed by atoms with E-state index in [0.717, 1.165) is 0 Å². The SMILES string of the molecule is C=C1C=CC(=O)N1CC1CCC(C(=O)ON2C(=O)CC(S(=O)(=O)O)C2=O)CC1. The largest absolute Gasteiger partial charge is 0.336 e. The van der Waals surface area contributed by atoms with Crippen molar-refractivity contribution in [1.82, 2.24) is 9.96 Å². The van der Waals surface area contributed by atoms with E-state index >= 15 is 0 Å². The van der Waals surface area contributed by atoms with Gasteiger partial charge in [-0.25, -0.2) is 4.79 Å². The number of allylic oxidation sites excluding steroid dienone is 1. The molecule has 3 rings (SSSR count). The summed E-state index contributed by atoms with van der Waals surface area (Å²) in [6.45, 7) is 4.31. The van der Waals surface area contributed by atoms with E-state index in [1.54, 1.807) is 11.0 Å². The Kier molecular flexibility index (Phi) is 5.39. The summed E-state index contributed by atoms with van der Waals surface area (Å²) in [6.07, 6.45) is 4.52. The molecule has 0 aromatic carbocycles. The third kappa shape index (κ3) is 3.99. The van der Waals surface area contributed by atoms with E-state index < -0.39 is 45.5 Å². The van der Waals surface area contributed by atoms with Crippen molar-refractivity contribution in [3.63, 3.8) is 0 Å². The Labute approximate surface area is 161 Å². The van der Waals surface area contributed by atoms with Gasteiger partial charge in [0, 0.05) is 18.3 Å². The lowest BCUT2D eigenvalue weighted by Gasteiger charge is -2.30. The zero-order valence-corrected chi connectivity index (χ0v) is 15.8. The Hall–Kier alpha value is -2.53. The third-order valence-corrected chi connectivity index (χ3v) is 6.34. The first-order valence-electron chi connectivity index (χ1n) is 8.81. The Morgan fingerprint density at radius 3 is 2.32 bits per heavy atom. The monoisotopic (exact) mass is 412 g/mol. The zero-order chi connectivity index (χ0) is 20.6. The van der Waals surface area contributed by atoms with E-state index in [1.807, 2.05) is 0 Å². The fourth-order valence-corrected chi connectivity index (χ4v) is 4.31. The molecule has 2 aliphatic heterocycles. The van der Waals surface area contributed by atoms with Crippen molar-refractivity contribution in [3.8, 4) is 0 Å². The number of hydrogen-bond donors (Lipinski definition) is 1. The molecule has 28 heavy (non-hydrogen) atoms. The van der Waals surface area contributed by atoms with E-state index in [9.17, 15) is 27.6 Å². The van der Waals surface area contributed by atoms with Crippen LogP contribution in [0, 0.1) is 11.8 Å². The second-order valence-electron chi connectivity index (χ2n) is 7.14. The van der Waals surface area contributed by atoms with Crippen LogP contribution in [-0.4, -0.2) is 58.4 Å². The minimum atomic E-state index is -4.75. The molecule has 0 radical (unpaired) electrons. The van der Waals surface area contributed by atoms with Gasteiger partial charge in [0.15, 0.2) is 5.25 Å². The Balaban J connectivity index is 1.52. The Morgan fingerprint density at radius 1 is 1.18 bits per heavy atom. The number of rotatable bonds is 5. The molecular weight excluding hydrogens is 392 g/mol. The molecule has 1 saturated heterocycles. The van der Waals surface area contributed by atoms with Gasteiger partial charge in [-0.1, -0.05) is 6.58 Å². The van der Waals surface area contributed by atoms with E-state index in [2.05, 4.69) is 6.58 Å². The van der Waals surface area contributed by atoms with Gasteiger partial charge in [-0.05, 0) is 37.7 Å². The number of hydrogen-bond acceptors (Lipinski definition) is 7. The highest BCUT2D eigenvalue weighted by Crippen LogP contribution is 2.32. The van der Waals surface area contributed by atoms with Gasteiger partial charge in [0.2, 0.25) is 0 Å². The molecule has 1 unspecified atom stereocenters. The molecule has 1 N–H and O–H groups in total. The molecule has 11 heteroatoms. The molecule has 3 aliphatic rings. The van der Waals surface area contributed by atoms with Gasteiger partial charge in [0.1, 0.15) is 0 Å². The molecule has 0 aromatic heterocycles. The number of hydroxylamine groups is 2. The van der Waals surface area contributed by atoms with Crippen molar-refractivity contribution in [2.75, 3.05) is 6.54 Å². The van der Waals surface area contributed by atoms with Crippen LogP contribution in [0.5, 0.6) is 0 Å². The predicted octanol–water partition coefficient (Wildman–Crippen LogP) is 0.178. The molecule has 0 spiro atoms. The van der Waals surface area contributed by atoms with Gasteiger partial charge < -0.3 is 9.74 Å². The van der Waals surface area contributed by atoms with E-state index in [4.69, 9.17) is 9.39 Å². The number of imide groups is 1. The number of amides is 3. The van der Waals surface area contributed by atoms with Crippen molar-refractivity contribution < 1.29 is 37.0 Å². The van der Waals surface area contributed by atoms with Crippen molar-refractivity contribution in [3.05, 3.63) is 24.4 Å². The fourth-order valence-electron chi connectivity index (χ4n) is 3.61. The van der Waals surface area contributed by atoms with Crippen molar-refractivity contribution in [1.29, 1.82) is 0 Å². The van der Waals surface area contributed by atoms with Gasteiger partial charge in [-0.3, -0.25) is 18.9 Å². The standard InChI is InChI=1S/C17H20N2O8S/c1-10-2-7-14(20)18(10)9-11-3-5-12(6-4-11)17(23)27-19-15(21)8-13(16(19)22)28(24,25)26/h2,7,11-13H,1,3-6,8-9H2,(H,24,25,26). The van der Waals surface area contributed by atoms with Gasteiger partial charge >= 0.3 is 5.97 Å². The smallest absolute Gasteiger partial charge is 0.330 e. The van der Waals surface area contributed by atoms with Crippen LogP contribution in [0.3, 0.4) is 0 Å². The number of carbonyl (C=O) groups excluding carboxylic acids is 4. The molecule has 2 fully saturated rings. The minimum Gasteiger partial charge on any atom is -0.330 e. The van der Waals surface area contributed by atoms with Crippen LogP contribution in [0.2, 0.25) is 0 Å². The maximum atomic E-state index is 12.3. The molecule has 1 atom stereocenters. The van der Waals surface area contributed by atoms with E-state index in [-0.39, 0.29) is 16.9 Å². The molecule has 1 aliphatic carbocycles. The van der Waals surface area contributed by atoms with Crippen LogP contribution in [0.4, 0.5) is 0 Å². The lowest BCUT2D eigenvalue weighted by atomic mass is 9.82. The van der Waals surface area contributed by atoms with Crippen LogP contribution in [0.25, 0.3) is 0 Å². The fraction of sp³-hybridized carbons (Fsp3) is 0.529. The average molecular weight is 412 g/mol. The summed E-state index contributed by atoms with van der Waals surface area (Å²) in [7, 11) is -4.75. The van der Waals surface area contributed by atoms with Crippen LogP contribution in [0.15, 0.2) is 24.4 Å². The van der Waals surface area contributed by atoms with Crippen molar-refractivity contribution >= 4 is 33.8 Å². The van der Waals surface area contributed by atoms with E-state index in [1.165, 1.54) is 6.08 Å². The quantitative estimate of drug-likeness (QED) is 0.498. The molecular formula is C17H20N2O8S. The van der Waals surface area contributed by atoms with E-state index in [0.29, 0.717) is 37.9 Å². The summed E-state index contributed by atoms with van der Waals surface area (Å²) >= 11 is 0. The zero-order valence-electron chi connectivity index (χ0n) is 14.9. The topological polar surface area (TPSA) is 138 Å². The summed E-state index contributed by atoms with van der Waals surface area (Å²) < 4.78 is 31.2. The van der Waals surface area contributed by atoms with Crippen molar-refractivity contribution in [2.24, 2.45) is 11.8 Å². The van der Waals surface area contributed by atoms with Crippen LogP contribution < -0.4 is 0 Å². The minimum absolute atomic E-state index is 0.119. The third-order valence-electron chi connectivity index (χ3n) is 5.25. The Morgan fingerprint density at radius 2 is 1.82 bits per heavy atom. The summed E-state index contributed by atoms with van der Waals surface area (Å²) in [4.78, 5) is 54.2. The van der Waals surface area contributed by atoms with Crippen molar-refractivity contribution in [2.45, 2.75) is 37.4 Å². The normalized spacial score (nSPS) is 28.4. The molecule has 152 valence electrons. The summed E-state index contributed by atoms with van der Waals surface area (Å²) in [5.74, 6) is -3.53. The highest BCUT2D eigenvalue weighted by molar-refractivity contribution is 7.87. The van der Waals surface area contributed by atoms with Gasteiger partial charge in [-0.15, -0.1) is 5.06 Å². The highest BCUT2D eigenvalue weighted by atomic mass is 32.2. The molecule has 0 bridgehead atoms. The maximum absolute atomic E-state index is 12.3. The lowest BCUT2D eigenvalue weighted by Crippen LogP contribution is -2.39. The second kappa shape index (κ2) is 7.47. The number of nitrogens with zero attached hydrogens (tertiary/aromatic N) is 2. The molecule has 10 nitrogen and oxygen atoms in total. The summed E-state index contributed by atoms with van der Waals surface area (Å²) in [5.41, 5.74) is 0.631. The van der Waals surface area contributed by atoms with Crippen LogP contribution >= 0.6 is 0 Å². The first-order chi connectivity index (χ1) is 13.1. The maximum Gasteiger partial charge on any atom is 0.336 e. The molecule has 2 heterocycles. The van der Waals surface area contributed by atoms with Gasteiger partial charge in [-0.2, -0.15) is 8.42 Å². The predicted molar refractivity (Wildman–Crippen MR) is 93.3 cm³/mol. The van der Waals surface area contributed by atoms with Gasteiger partial charge in [0.05, 0.1) is 12.3 Å². The summed E-state index contributed by atoms with van der Waals surface area (Å²) in [5, 5.41) is -1.81. The summed E-state index contributed by atoms with van der Waals surface area (Å²) in [6, 6.07) is 0. The first kappa shape index (κ1) is 20.2. The van der Waals surface area contributed by atoms with Crippen LogP contribution in [-0.2, 0) is 34.1 Å². The molecule has 0 aromatic rings.